The fraction of sp³-hybridized carbons (Fsp3) is 0.105. The number of carbonyl (C=O) groups is 1. The SMILES string of the molecule is Cc1sc(C)c(C(=O)c2ccc(-c3ccccc3)c(N)c2)c1Br. The normalized spacial score (nSPS) is 10.7. The van der Waals surface area contributed by atoms with Crippen molar-refractivity contribution in [2.24, 2.45) is 0 Å². The van der Waals surface area contributed by atoms with Crippen molar-refractivity contribution >= 4 is 38.7 Å². The van der Waals surface area contributed by atoms with E-state index < -0.39 is 0 Å². The van der Waals surface area contributed by atoms with Crippen molar-refractivity contribution < 1.29 is 4.79 Å². The van der Waals surface area contributed by atoms with Gasteiger partial charge >= 0.3 is 0 Å². The van der Waals surface area contributed by atoms with Gasteiger partial charge in [0.2, 0.25) is 0 Å². The molecule has 0 aliphatic carbocycles. The topological polar surface area (TPSA) is 43.1 Å². The fourth-order valence-corrected chi connectivity index (χ4v) is 4.44. The van der Waals surface area contributed by atoms with E-state index in [0.717, 1.165) is 30.9 Å². The maximum Gasteiger partial charge on any atom is 0.195 e. The van der Waals surface area contributed by atoms with Crippen LogP contribution in [0.2, 0.25) is 0 Å². The molecule has 0 aliphatic rings. The number of nitrogen functional groups attached to an aromatic ring is 1. The number of thiophene rings is 1. The van der Waals surface area contributed by atoms with Crippen LogP contribution in [0.4, 0.5) is 5.69 Å². The van der Waals surface area contributed by atoms with Gasteiger partial charge in [0.05, 0.1) is 5.56 Å². The van der Waals surface area contributed by atoms with Gasteiger partial charge in [-0.15, -0.1) is 11.3 Å². The average Bonchev–Trinajstić information content (AvgIpc) is 2.80. The molecule has 2 N–H and O–H groups in total. The first-order chi connectivity index (χ1) is 11.0. The Morgan fingerprint density at radius 1 is 1.04 bits per heavy atom. The molecule has 3 rings (SSSR count). The molecule has 2 nitrogen and oxygen atoms in total. The molecule has 0 saturated heterocycles. The lowest BCUT2D eigenvalue weighted by Crippen LogP contribution is -2.04. The lowest BCUT2D eigenvalue weighted by Gasteiger charge is -2.09. The van der Waals surface area contributed by atoms with E-state index in [0.29, 0.717) is 11.3 Å². The van der Waals surface area contributed by atoms with Crippen LogP contribution >= 0.6 is 27.3 Å². The summed E-state index contributed by atoms with van der Waals surface area (Å²) in [4.78, 5) is 15.0. The molecule has 0 spiro atoms. The predicted molar refractivity (Wildman–Crippen MR) is 101 cm³/mol. The van der Waals surface area contributed by atoms with Gasteiger partial charge in [-0.05, 0) is 41.4 Å². The third kappa shape index (κ3) is 2.96. The monoisotopic (exact) mass is 385 g/mol. The third-order valence-corrected chi connectivity index (χ3v) is 6.09. The number of ketones is 1. The van der Waals surface area contributed by atoms with Crippen LogP contribution in [-0.2, 0) is 0 Å². The Morgan fingerprint density at radius 3 is 2.30 bits per heavy atom. The number of anilines is 1. The first-order valence-electron chi connectivity index (χ1n) is 7.24. The number of nitrogens with two attached hydrogens (primary N) is 1. The smallest absolute Gasteiger partial charge is 0.195 e. The summed E-state index contributed by atoms with van der Waals surface area (Å²) in [5.74, 6) is 0.00466. The van der Waals surface area contributed by atoms with Gasteiger partial charge in [-0.3, -0.25) is 4.79 Å². The molecule has 1 heterocycles. The molecule has 4 heteroatoms. The highest BCUT2D eigenvalue weighted by Crippen LogP contribution is 2.34. The summed E-state index contributed by atoms with van der Waals surface area (Å²) in [6.07, 6.45) is 0. The lowest BCUT2D eigenvalue weighted by molar-refractivity contribution is 0.103. The summed E-state index contributed by atoms with van der Waals surface area (Å²) < 4.78 is 0.885. The second-order valence-electron chi connectivity index (χ2n) is 5.40. The van der Waals surface area contributed by atoms with Gasteiger partial charge in [-0.2, -0.15) is 0 Å². The molecule has 23 heavy (non-hydrogen) atoms. The van der Waals surface area contributed by atoms with Gasteiger partial charge in [-0.1, -0.05) is 42.5 Å². The van der Waals surface area contributed by atoms with Gasteiger partial charge < -0.3 is 5.73 Å². The third-order valence-electron chi connectivity index (χ3n) is 3.81. The molecule has 3 aromatic rings. The summed E-state index contributed by atoms with van der Waals surface area (Å²) in [6, 6.07) is 15.5. The van der Waals surface area contributed by atoms with Crippen LogP contribution in [0.5, 0.6) is 0 Å². The van der Waals surface area contributed by atoms with Crippen LogP contribution < -0.4 is 5.73 Å². The predicted octanol–water partition coefficient (Wildman–Crippen LogP) is 5.61. The van der Waals surface area contributed by atoms with Crippen LogP contribution in [0.15, 0.2) is 53.0 Å². The van der Waals surface area contributed by atoms with E-state index >= 15 is 0 Å². The molecule has 0 radical (unpaired) electrons. The van der Waals surface area contributed by atoms with Gasteiger partial charge in [0.1, 0.15) is 0 Å². The van der Waals surface area contributed by atoms with Crippen LogP contribution in [0.1, 0.15) is 25.7 Å². The maximum atomic E-state index is 12.8. The number of hydrogen-bond acceptors (Lipinski definition) is 3. The lowest BCUT2D eigenvalue weighted by atomic mass is 9.98. The van der Waals surface area contributed by atoms with Gasteiger partial charge in [0.25, 0.3) is 0 Å². The molecule has 0 bridgehead atoms. The Bertz CT molecular complexity index is 884. The zero-order chi connectivity index (χ0) is 16.6. The number of halogens is 1. The molecule has 0 aliphatic heterocycles. The Hall–Kier alpha value is -1.91. The molecule has 0 atom stereocenters. The fourth-order valence-electron chi connectivity index (χ4n) is 2.64. The molecular weight excluding hydrogens is 370 g/mol. The second kappa shape index (κ2) is 6.30. The first-order valence-corrected chi connectivity index (χ1v) is 8.85. The zero-order valence-electron chi connectivity index (χ0n) is 12.9. The van der Waals surface area contributed by atoms with Gasteiger partial charge in [0, 0.05) is 31.0 Å². The second-order valence-corrected chi connectivity index (χ2v) is 7.62. The molecule has 0 fully saturated rings. The molecule has 116 valence electrons. The summed E-state index contributed by atoms with van der Waals surface area (Å²) in [7, 11) is 0. The van der Waals surface area contributed by atoms with Gasteiger partial charge in [-0.25, -0.2) is 0 Å². The quantitative estimate of drug-likeness (QED) is 0.470. The number of carbonyl (C=O) groups excluding carboxylic acids is 1. The van der Waals surface area contributed by atoms with E-state index in [2.05, 4.69) is 15.9 Å². The summed E-state index contributed by atoms with van der Waals surface area (Å²) in [5, 5.41) is 0. The highest BCUT2D eigenvalue weighted by atomic mass is 79.9. The van der Waals surface area contributed by atoms with Crippen molar-refractivity contribution in [3.05, 3.63) is 73.9 Å². The molecule has 2 aromatic carbocycles. The minimum Gasteiger partial charge on any atom is -0.398 e. The zero-order valence-corrected chi connectivity index (χ0v) is 15.3. The van der Waals surface area contributed by atoms with E-state index in [4.69, 9.17) is 5.73 Å². The highest BCUT2D eigenvalue weighted by Gasteiger charge is 2.20. The minimum absolute atomic E-state index is 0.00466. The van der Waals surface area contributed by atoms with Crippen molar-refractivity contribution in [1.29, 1.82) is 0 Å². The van der Waals surface area contributed by atoms with Crippen molar-refractivity contribution in [2.45, 2.75) is 13.8 Å². The van der Waals surface area contributed by atoms with Crippen molar-refractivity contribution in [1.82, 2.24) is 0 Å². The Balaban J connectivity index is 2.02. The highest BCUT2D eigenvalue weighted by molar-refractivity contribution is 9.10. The number of rotatable bonds is 3. The molecule has 0 saturated carbocycles. The van der Waals surface area contributed by atoms with Crippen LogP contribution in [0.25, 0.3) is 11.1 Å². The minimum atomic E-state index is 0.00466. The van der Waals surface area contributed by atoms with E-state index in [1.54, 1.807) is 17.4 Å². The summed E-state index contributed by atoms with van der Waals surface area (Å²) >= 11 is 5.15. The Morgan fingerprint density at radius 2 is 1.74 bits per heavy atom. The molecule has 0 unspecified atom stereocenters. The number of benzene rings is 2. The Kier molecular flexibility index (Phi) is 4.37. The van der Waals surface area contributed by atoms with Crippen LogP contribution in [0, 0.1) is 13.8 Å². The first kappa shape index (κ1) is 16.0. The largest absolute Gasteiger partial charge is 0.398 e. The van der Waals surface area contributed by atoms with E-state index in [-0.39, 0.29) is 5.78 Å². The van der Waals surface area contributed by atoms with Crippen LogP contribution in [-0.4, -0.2) is 5.78 Å². The van der Waals surface area contributed by atoms with Gasteiger partial charge in [0.15, 0.2) is 5.78 Å². The van der Waals surface area contributed by atoms with E-state index in [1.807, 2.05) is 56.3 Å². The molecule has 0 amide bonds. The molecular formula is C19H16BrNOS. The van der Waals surface area contributed by atoms with Crippen molar-refractivity contribution in [3.8, 4) is 11.1 Å². The standard InChI is InChI=1S/C19H16BrNOS/c1-11-17(18(20)12(2)23-11)19(22)14-8-9-15(16(21)10-14)13-6-4-3-5-7-13/h3-10H,21H2,1-2H3. The van der Waals surface area contributed by atoms with E-state index in [9.17, 15) is 4.79 Å². The maximum absolute atomic E-state index is 12.8. The average molecular weight is 386 g/mol. The van der Waals surface area contributed by atoms with E-state index in [1.165, 1.54) is 0 Å². The Labute approximate surface area is 148 Å². The molecule has 1 aromatic heterocycles. The summed E-state index contributed by atoms with van der Waals surface area (Å²) in [6.45, 7) is 3.97. The van der Waals surface area contributed by atoms with Crippen LogP contribution in [0.3, 0.4) is 0 Å². The number of hydrogen-bond donors (Lipinski definition) is 1. The summed E-state index contributed by atoms with van der Waals surface area (Å²) in [5.41, 5.74) is 10.1. The number of aryl methyl sites for hydroxylation is 2. The van der Waals surface area contributed by atoms with Crippen molar-refractivity contribution in [3.63, 3.8) is 0 Å². The van der Waals surface area contributed by atoms with Crippen molar-refractivity contribution in [2.75, 3.05) is 5.73 Å².